The van der Waals surface area contributed by atoms with E-state index in [-0.39, 0.29) is 5.02 Å². The monoisotopic (exact) mass is 392 g/mol. The van der Waals surface area contributed by atoms with Crippen molar-refractivity contribution in [3.05, 3.63) is 34.0 Å². The molecule has 0 bridgehead atoms. The number of halogens is 1. The summed E-state index contributed by atoms with van der Waals surface area (Å²) in [5, 5.41) is 6.85. The van der Waals surface area contributed by atoms with E-state index in [0.29, 0.717) is 21.4 Å². The minimum atomic E-state index is -0.409. The van der Waals surface area contributed by atoms with Gasteiger partial charge in [-0.25, -0.2) is 15.1 Å². The van der Waals surface area contributed by atoms with Gasteiger partial charge in [0.1, 0.15) is 15.9 Å². The fraction of sp³-hybridized carbons (Fsp3) is 0.529. The van der Waals surface area contributed by atoms with E-state index in [1.807, 2.05) is 0 Å². The number of aromatic amines is 1. The lowest BCUT2D eigenvalue weighted by Gasteiger charge is -2.42. The number of rotatable bonds is 3. The van der Waals surface area contributed by atoms with Gasteiger partial charge in [0.15, 0.2) is 0 Å². The second-order valence-electron chi connectivity index (χ2n) is 7.04. The molecule has 4 rings (SSSR count). The maximum atomic E-state index is 11.5. The van der Waals surface area contributed by atoms with E-state index in [4.69, 9.17) is 17.3 Å². The van der Waals surface area contributed by atoms with Crippen molar-refractivity contribution in [3.63, 3.8) is 0 Å². The van der Waals surface area contributed by atoms with Crippen LogP contribution < -0.4 is 16.2 Å². The third kappa shape index (κ3) is 3.33. The number of hydrogen-bond acceptors (Lipinski definition) is 7. The maximum Gasteiger partial charge on any atom is 0.284 e. The van der Waals surface area contributed by atoms with Crippen molar-refractivity contribution < 1.29 is 0 Å². The Morgan fingerprint density at radius 2 is 2.04 bits per heavy atom. The van der Waals surface area contributed by atoms with Gasteiger partial charge in [0.05, 0.1) is 23.5 Å². The minimum absolute atomic E-state index is 0.116. The lowest BCUT2D eigenvalue weighted by molar-refractivity contribution is 0.197. The van der Waals surface area contributed by atoms with E-state index in [9.17, 15) is 4.79 Å². The molecule has 3 N–H and O–H groups in total. The van der Waals surface area contributed by atoms with Crippen molar-refractivity contribution in [1.82, 2.24) is 20.2 Å². The Bertz CT molecular complexity index is 834. The third-order valence-electron chi connectivity index (χ3n) is 5.65. The first-order valence-electron chi connectivity index (χ1n) is 8.81. The molecule has 1 saturated carbocycles. The first-order valence-corrected chi connectivity index (χ1v) is 10.0. The van der Waals surface area contributed by atoms with Gasteiger partial charge in [0.25, 0.3) is 5.56 Å². The van der Waals surface area contributed by atoms with Crippen LogP contribution in [0.25, 0.3) is 0 Å². The number of anilines is 1. The maximum absolute atomic E-state index is 11.5. The predicted octanol–water partition coefficient (Wildman–Crippen LogP) is 2.46. The molecule has 1 saturated heterocycles. The average Bonchev–Trinajstić information content (AvgIpc) is 3.00. The molecule has 0 amide bonds. The van der Waals surface area contributed by atoms with Crippen molar-refractivity contribution in [2.45, 2.75) is 48.1 Å². The normalized spacial score (nSPS) is 22.1. The molecule has 1 aliphatic heterocycles. The lowest BCUT2D eigenvalue weighted by atomic mass is 9.74. The average molecular weight is 393 g/mol. The van der Waals surface area contributed by atoms with Gasteiger partial charge in [-0.1, -0.05) is 29.8 Å². The number of aromatic nitrogens is 4. The molecule has 3 heterocycles. The Balaban J connectivity index is 1.42. The molecule has 9 heteroatoms. The molecule has 1 unspecified atom stereocenters. The van der Waals surface area contributed by atoms with Crippen molar-refractivity contribution in [2.75, 3.05) is 18.0 Å². The smallest absolute Gasteiger partial charge is 0.284 e. The number of nitrogens with zero attached hydrogens (tertiary/aromatic N) is 4. The molecule has 0 radical (unpaired) electrons. The fourth-order valence-corrected chi connectivity index (χ4v) is 4.97. The highest BCUT2D eigenvalue weighted by Crippen LogP contribution is 2.45. The SMILES string of the molecule is NC1CCCC12CCN(c1cnc(Sc3cn[nH]c(=O)c3Cl)cn1)CC2. The number of hydrogen-bond donors (Lipinski definition) is 2. The number of H-pyrrole nitrogens is 1. The first kappa shape index (κ1) is 17.8. The molecule has 2 aliphatic rings. The van der Waals surface area contributed by atoms with Crippen molar-refractivity contribution in [1.29, 1.82) is 0 Å². The fourth-order valence-electron chi connectivity index (χ4n) is 4.04. The molecule has 1 spiro atoms. The molecule has 26 heavy (non-hydrogen) atoms. The van der Waals surface area contributed by atoms with Crippen LogP contribution in [0.2, 0.25) is 5.02 Å². The van der Waals surface area contributed by atoms with Crippen molar-refractivity contribution in [3.8, 4) is 0 Å². The number of piperidine rings is 1. The Morgan fingerprint density at radius 3 is 2.69 bits per heavy atom. The van der Waals surface area contributed by atoms with Crippen LogP contribution in [0.5, 0.6) is 0 Å². The van der Waals surface area contributed by atoms with Gasteiger partial charge in [0.2, 0.25) is 0 Å². The van der Waals surface area contributed by atoms with Crippen LogP contribution in [0.15, 0.2) is 33.3 Å². The van der Waals surface area contributed by atoms with Crippen LogP contribution in [0.1, 0.15) is 32.1 Å². The summed E-state index contributed by atoms with van der Waals surface area (Å²) in [6, 6.07) is 0.349. The van der Waals surface area contributed by atoms with Gasteiger partial charge in [0, 0.05) is 19.1 Å². The first-order chi connectivity index (χ1) is 12.6. The molecule has 1 aliphatic carbocycles. The summed E-state index contributed by atoms with van der Waals surface area (Å²) in [4.78, 5) is 23.4. The Morgan fingerprint density at radius 1 is 1.23 bits per heavy atom. The second kappa shape index (κ2) is 7.17. The van der Waals surface area contributed by atoms with Gasteiger partial charge in [-0.15, -0.1) is 0 Å². The van der Waals surface area contributed by atoms with E-state index in [2.05, 4.69) is 25.1 Å². The molecule has 2 aromatic heterocycles. The van der Waals surface area contributed by atoms with Crippen LogP contribution in [-0.4, -0.2) is 39.3 Å². The van der Waals surface area contributed by atoms with E-state index < -0.39 is 5.56 Å². The molecule has 7 nitrogen and oxygen atoms in total. The zero-order valence-electron chi connectivity index (χ0n) is 14.3. The predicted molar refractivity (Wildman–Crippen MR) is 102 cm³/mol. The molecular weight excluding hydrogens is 372 g/mol. The topological polar surface area (TPSA) is 101 Å². The van der Waals surface area contributed by atoms with E-state index in [1.165, 1.54) is 30.8 Å². The Hall–Kier alpha value is -1.64. The summed E-state index contributed by atoms with van der Waals surface area (Å²) in [5.41, 5.74) is 6.28. The third-order valence-corrected chi connectivity index (χ3v) is 7.09. The van der Waals surface area contributed by atoms with Crippen LogP contribution in [0.3, 0.4) is 0 Å². The van der Waals surface area contributed by atoms with Crippen LogP contribution in [-0.2, 0) is 0 Å². The molecule has 0 aromatic carbocycles. The minimum Gasteiger partial charge on any atom is -0.355 e. The summed E-state index contributed by atoms with van der Waals surface area (Å²) < 4.78 is 0. The zero-order chi connectivity index (χ0) is 18.1. The van der Waals surface area contributed by atoms with Crippen molar-refractivity contribution in [2.24, 2.45) is 11.1 Å². The standard InChI is InChI=1S/C17H21ClN6OS/c18-15-11(8-22-23-16(15)25)26-14-10-20-13(9-21-14)24-6-4-17(5-7-24)3-1-2-12(17)19/h8-10,12H,1-7,19H2,(H,23,25). The highest BCUT2D eigenvalue weighted by atomic mass is 35.5. The van der Waals surface area contributed by atoms with Gasteiger partial charge < -0.3 is 10.6 Å². The Labute approximate surface area is 160 Å². The molecule has 1 atom stereocenters. The van der Waals surface area contributed by atoms with E-state index >= 15 is 0 Å². The molecule has 2 aromatic rings. The molecular formula is C17H21ClN6OS. The molecule has 2 fully saturated rings. The number of nitrogens with two attached hydrogens (primary N) is 1. The van der Waals surface area contributed by atoms with Crippen LogP contribution >= 0.6 is 23.4 Å². The summed E-state index contributed by atoms with van der Waals surface area (Å²) in [6.07, 6.45) is 10.9. The summed E-state index contributed by atoms with van der Waals surface area (Å²) >= 11 is 7.27. The van der Waals surface area contributed by atoms with Gasteiger partial charge >= 0.3 is 0 Å². The largest absolute Gasteiger partial charge is 0.355 e. The van der Waals surface area contributed by atoms with Crippen LogP contribution in [0, 0.1) is 5.41 Å². The quantitative estimate of drug-likeness (QED) is 0.827. The zero-order valence-corrected chi connectivity index (χ0v) is 15.9. The van der Waals surface area contributed by atoms with Gasteiger partial charge in [-0.05, 0) is 31.1 Å². The summed E-state index contributed by atoms with van der Waals surface area (Å²) in [7, 11) is 0. The van der Waals surface area contributed by atoms with Gasteiger partial charge in [-0.2, -0.15) is 5.10 Å². The highest BCUT2D eigenvalue weighted by Gasteiger charge is 2.42. The molecule has 138 valence electrons. The lowest BCUT2D eigenvalue weighted by Crippen LogP contribution is -2.47. The van der Waals surface area contributed by atoms with Crippen LogP contribution in [0.4, 0.5) is 5.82 Å². The summed E-state index contributed by atoms with van der Waals surface area (Å²) in [6.45, 7) is 1.94. The second-order valence-corrected chi connectivity index (χ2v) is 8.48. The number of nitrogens with one attached hydrogen (secondary N) is 1. The Kier molecular flexibility index (Phi) is 4.90. The van der Waals surface area contributed by atoms with E-state index in [0.717, 1.165) is 38.2 Å². The van der Waals surface area contributed by atoms with E-state index in [1.54, 1.807) is 12.4 Å². The highest BCUT2D eigenvalue weighted by molar-refractivity contribution is 7.99. The summed E-state index contributed by atoms with van der Waals surface area (Å²) in [5.74, 6) is 0.880. The van der Waals surface area contributed by atoms with Crippen molar-refractivity contribution >= 4 is 29.2 Å². The van der Waals surface area contributed by atoms with Gasteiger partial charge in [-0.3, -0.25) is 4.79 Å².